The molecular formula is C13H14F3NO3S. The van der Waals surface area contributed by atoms with E-state index in [1.165, 1.54) is 11.8 Å². The minimum Gasteiger partial charge on any atom is -0.480 e. The van der Waals surface area contributed by atoms with Crippen molar-refractivity contribution in [2.24, 2.45) is 0 Å². The summed E-state index contributed by atoms with van der Waals surface area (Å²) in [6.07, 6.45) is -2.43. The van der Waals surface area contributed by atoms with Crippen molar-refractivity contribution in [3.63, 3.8) is 0 Å². The third-order valence-corrected chi connectivity index (χ3v) is 3.33. The van der Waals surface area contributed by atoms with Crippen LogP contribution in [0.1, 0.15) is 22.3 Å². The first-order chi connectivity index (χ1) is 9.75. The molecule has 8 heteroatoms. The second kappa shape index (κ2) is 7.35. The average Bonchev–Trinajstić information content (AvgIpc) is 2.42. The number of halogens is 3. The molecule has 0 heterocycles. The summed E-state index contributed by atoms with van der Waals surface area (Å²) in [6, 6.07) is 2.54. The third-order valence-electron chi connectivity index (χ3n) is 2.69. The average molecular weight is 321 g/mol. The standard InChI is InChI=1S/C13H14F3NO3S/c1-21-7-6-10(12(19)20)17-11(18)8-2-4-9(5-3-8)13(14,15)16/h2-5,10H,6-7H2,1H3,(H,17,18)(H,19,20)/t10-/m1/s1. The number of amides is 1. The molecule has 0 saturated carbocycles. The van der Waals surface area contributed by atoms with Crippen LogP contribution in [-0.2, 0) is 11.0 Å². The highest BCUT2D eigenvalue weighted by molar-refractivity contribution is 7.98. The Bertz CT molecular complexity index is 502. The lowest BCUT2D eigenvalue weighted by atomic mass is 10.1. The van der Waals surface area contributed by atoms with E-state index in [-0.39, 0.29) is 12.0 Å². The summed E-state index contributed by atoms with van der Waals surface area (Å²) in [7, 11) is 0. The van der Waals surface area contributed by atoms with Crippen LogP contribution in [0, 0.1) is 0 Å². The highest BCUT2D eigenvalue weighted by Gasteiger charge is 2.30. The Morgan fingerprint density at radius 1 is 1.29 bits per heavy atom. The van der Waals surface area contributed by atoms with Crippen LogP contribution in [0.25, 0.3) is 0 Å². The minimum absolute atomic E-state index is 0.0154. The molecular weight excluding hydrogens is 307 g/mol. The normalized spacial score (nSPS) is 12.8. The van der Waals surface area contributed by atoms with Gasteiger partial charge in [0.15, 0.2) is 0 Å². The lowest BCUT2D eigenvalue weighted by Gasteiger charge is -2.14. The number of carboxylic acid groups (broad SMARTS) is 1. The zero-order chi connectivity index (χ0) is 16.0. The topological polar surface area (TPSA) is 66.4 Å². The van der Waals surface area contributed by atoms with Gasteiger partial charge in [0.25, 0.3) is 5.91 Å². The van der Waals surface area contributed by atoms with Gasteiger partial charge in [-0.05, 0) is 42.7 Å². The molecule has 2 N–H and O–H groups in total. The van der Waals surface area contributed by atoms with E-state index in [9.17, 15) is 22.8 Å². The summed E-state index contributed by atoms with van der Waals surface area (Å²) in [6.45, 7) is 0. The van der Waals surface area contributed by atoms with E-state index in [1.54, 1.807) is 6.26 Å². The largest absolute Gasteiger partial charge is 0.480 e. The number of carbonyl (C=O) groups excluding carboxylic acids is 1. The molecule has 0 aromatic heterocycles. The molecule has 0 spiro atoms. The highest BCUT2D eigenvalue weighted by Crippen LogP contribution is 2.29. The lowest BCUT2D eigenvalue weighted by molar-refractivity contribution is -0.139. The second-order valence-corrected chi connectivity index (χ2v) is 5.21. The molecule has 0 saturated heterocycles. The van der Waals surface area contributed by atoms with Crippen LogP contribution in [0.2, 0.25) is 0 Å². The van der Waals surface area contributed by atoms with Gasteiger partial charge in [0.1, 0.15) is 6.04 Å². The SMILES string of the molecule is CSCC[C@@H](NC(=O)c1ccc(C(F)(F)F)cc1)C(=O)O. The zero-order valence-corrected chi connectivity index (χ0v) is 11.9. The second-order valence-electron chi connectivity index (χ2n) is 4.22. The number of carboxylic acids is 1. The molecule has 0 radical (unpaired) electrons. The quantitative estimate of drug-likeness (QED) is 0.845. The van der Waals surface area contributed by atoms with Gasteiger partial charge in [-0.1, -0.05) is 0 Å². The summed E-state index contributed by atoms with van der Waals surface area (Å²) in [4.78, 5) is 22.8. The van der Waals surface area contributed by atoms with Crippen molar-refractivity contribution < 1.29 is 27.9 Å². The van der Waals surface area contributed by atoms with E-state index < -0.39 is 29.7 Å². The Morgan fingerprint density at radius 2 is 1.86 bits per heavy atom. The number of alkyl halides is 3. The molecule has 1 aromatic rings. The third kappa shape index (κ3) is 5.30. The predicted molar refractivity (Wildman–Crippen MR) is 73.3 cm³/mol. The minimum atomic E-state index is -4.48. The molecule has 1 rings (SSSR count). The van der Waals surface area contributed by atoms with Gasteiger partial charge in [-0.3, -0.25) is 4.79 Å². The fourth-order valence-electron chi connectivity index (χ4n) is 1.55. The maximum atomic E-state index is 12.4. The van der Waals surface area contributed by atoms with Crippen molar-refractivity contribution >= 4 is 23.6 Å². The van der Waals surface area contributed by atoms with Crippen LogP contribution in [-0.4, -0.2) is 35.0 Å². The maximum Gasteiger partial charge on any atom is 0.416 e. The van der Waals surface area contributed by atoms with Crippen LogP contribution in [0.15, 0.2) is 24.3 Å². The summed E-state index contributed by atoms with van der Waals surface area (Å²) < 4.78 is 37.2. The number of carbonyl (C=O) groups is 2. The zero-order valence-electron chi connectivity index (χ0n) is 11.1. The van der Waals surface area contributed by atoms with Crippen molar-refractivity contribution in [2.45, 2.75) is 18.6 Å². The van der Waals surface area contributed by atoms with Gasteiger partial charge in [-0.2, -0.15) is 24.9 Å². The summed E-state index contributed by atoms with van der Waals surface area (Å²) in [5, 5.41) is 11.3. The molecule has 0 fully saturated rings. The van der Waals surface area contributed by atoms with Gasteiger partial charge in [0.05, 0.1) is 5.56 Å². The van der Waals surface area contributed by atoms with Crippen LogP contribution in [0.3, 0.4) is 0 Å². The van der Waals surface area contributed by atoms with E-state index in [4.69, 9.17) is 5.11 Å². The van der Waals surface area contributed by atoms with E-state index in [2.05, 4.69) is 5.32 Å². The highest BCUT2D eigenvalue weighted by atomic mass is 32.2. The number of hydrogen-bond donors (Lipinski definition) is 2. The lowest BCUT2D eigenvalue weighted by Crippen LogP contribution is -2.41. The Morgan fingerprint density at radius 3 is 2.29 bits per heavy atom. The first-order valence-corrected chi connectivity index (χ1v) is 7.35. The molecule has 116 valence electrons. The van der Waals surface area contributed by atoms with Gasteiger partial charge in [0.2, 0.25) is 0 Å². The van der Waals surface area contributed by atoms with Gasteiger partial charge >= 0.3 is 12.1 Å². The van der Waals surface area contributed by atoms with E-state index >= 15 is 0 Å². The van der Waals surface area contributed by atoms with Crippen molar-refractivity contribution in [1.29, 1.82) is 0 Å². The molecule has 1 atom stereocenters. The summed E-state index contributed by atoms with van der Waals surface area (Å²) in [5.41, 5.74) is -0.880. The summed E-state index contributed by atoms with van der Waals surface area (Å²) in [5.74, 6) is -1.34. The Kier molecular flexibility index (Phi) is 6.07. The molecule has 0 unspecified atom stereocenters. The first-order valence-electron chi connectivity index (χ1n) is 5.95. The van der Waals surface area contributed by atoms with Gasteiger partial charge in [-0.25, -0.2) is 4.79 Å². The number of benzene rings is 1. The van der Waals surface area contributed by atoms with Crippen LogP contribution in [0.4, 0.5) is 13.2 Å². The van der Waals surface area contributed by atoms with Crippen LogP contribution >= 0.6 is 11.8 Å². The van der Waals surface area contributed by atoms with E-state index in [0.717, 1.165) is 24.3 Å². The predicted octanol–water partition coefficient (Wildman–Crippen LogP) is 2.64. The molecule has 0 aliphatic carbocycles. The first kappa shape index (κ1) is 17.4. The van der Waals surface area contributed by atoms with Gasteiger partial charge < -0.3 is 10.4 Å². The van der Waals surface area contributed by atoms with E-state index in [1.807, 2.05) is 0 Å². The number of thioether (sulfide) groups is 1. The Labute approximate surface area is 123 Å². The number of rotatable bonds is 6. The fraction of sp³-hybridized carbons (Fsp3) is 0.385. The van der Waals surface area contributed by atoms with E-state index in [0.29, 0.717) is 5.75 Å². The van der Waals surface area contributed by atoms with Crippen molar-refractivity contribution in [2.75, 3.05) is 12.0 Å². The Balaban J connectivity index is 2.76. The van der Waals surface area contributed by atoms with Crippen molar-refractivity contribution in [1.82, 2.24) is 5.32 Å². The summed E-state index contributed by atoms with van der Waals surface area (Å²) >= 11 is 1.44. The van der Waals surface area contributed by atoms with Crippen LogP contribution < -0.4 is 5.32 Å². The van der Waals surface area contributed by atoms with Crippen molar-refractivity contribution in [3.8, 4) is 0 Å². The number of aliphatic carboxylic acids is 1. The molecule has 21 heavy (non-hydrogen) atoms. The molecule has 1 aromatic carbocycles. The molecule has 4 nitrogen and oxygen atoms in total. The van der Waals surface area contributed by atoms with Gasteiger partial charge in [-0.15, -0.1) is 0 Å². The molecule has 0 aliphatic heterocycles. The van der Waals surface area contributed by atoms with Crippen LogP contribution in [0.5, 0.6) is 0 Å². The number of nitrogens with one attached hydrogen (secondary N) is 1. The Hall–Kier alpha value is -1.70. The molecule has 0 aliphatic rings. The smallest absolute Gasteiger partial charge is 0.416 e. The van der Waals surface area contributed by atoms with Gasteiger partial charge in [0, 0.05) is 5.56 Å². The van der Waals surface area contributed by atoms with Crippen molar-refractivity contribution in [3.05, 3.63) is 35.4 Å². The number of hydrogen-bond acceptors (Lipinski definition) is 3. The molecule has 1 amide bonds. The monoisotopic (exact) mass is 321 g/mol. The maximum absolute atomic E-state index is 12.4. The molecule has 0 bridgehead atoms. The fourth-order valence-corrected chi connectivity index (χ4v) is 2.02.